The summed E-state index contributed by atoms with van der Waals surface area (Å²) in [5.74, 6) is -0.162. The predicted molar refractivity (Wildman–Crippen MR) is 85.7 cm³/mol. The fourth-order valence-electron chi connectivity index (χ4n) is 3.21. The summed E-state index contributed by atoms with van der Waals surface area (Å²) in [6.45, 7) is 3.97. The van der Waals surface area contributed by atoms with E-state index in [1.165, 1.54) is 4.90 Å². The number of nitrogens with two attached hydrogens (primary N) is 1. The first-order valence-electron chi connectivity index (χ1n) is 7.40. The summed E-state index contributed by atoms with van der Waals surface area (Å²) in [6.07, 6.45) is 4.03. The molecule has 1 aliphatic carbocycles. The monoisotopic (exact) mass is 288 g/mol. The van der Waals surface area contributed by atoms with Crippen molar-refractivity contribution in [1.29, 1.82) is 5.41 Å². The topological polar surface area (TPSA) is 73.4 Å². The van der Waals surface area contributed by atoms with Gasteiger partial charge >= 0.3 is 6.03 Å². The number of anilines is 1. The van der Waals surface area contributed by atoms with Gasteiger partial charge in [-0.25, -0.2) is 4.79 Å². The van der Waals surface area contributed by atoms with E-state index in [0.29, 0.717) is 0 Å². The maximum atomic E-state index is 12.8. The van der Waals surface area contributed by atoms with E-state index in [0.717, 1.165) is 42.5 Å². The first kappa shape index (κ1) is 15.4. The molecule has 1 aliphatic rings. The van der Waals surface area contributed by atoms with Gasteiger partial charge in [-0.2, -0.15) is 0 Å². The van der Waals surface area contributed by atoms with Gasteiger partial charge in [0.2, 0.25) is 0 Å². The fraction of sp³-hybridized carbons (Fsp3) is 0.500. The molecule has 2 amide bonds. The van der Waals surface area contributed by atoms with Gasteiger partial charge in [-0.3, -0.25) is 15.2 Å². The van der Waals surface area contributed by atoms with E-state index in [4.69, 9.17) is 11.1 Å². The van der Waals surface area contributed by atoms with Gasteiger partial charge in [-0.1, -0.05) is 31.0 Å². The Morgan fingerprint density at radius 2 is 1.76 bits per heavy atom. The van der Waals surface area contributed by atoms with E-state index < -0.39 is 0 Å². The first-order chi connectivity index (χ1) is 9.93. The number of hydrogen-bond acceptors (Lipinski definition) is 2. The Morgan fingerprint density at radius 1 is 1.24 bits per heavy atom. The highest BCUT2D eigenvalue weighted by Gasteiger charge is 2.31. The molecule has 1 aromatic carbocycles. The van der Waals surface area contributed by atoms with Crippen LogP contribution in [0.25, 0.3) is 0 Å². The van der Waals surface area contributed by atoms with Crippen LogP contribution in [0.4, 0.5) is 10.5 Å². The second-order valence-electron chi connectivity index (χ2n) is 5.78. The Morgan fingerprint density at radius 3 is 2.24 bits per heavy atom. The van der Waals surface area contributed by atoms with Gasteiger partial charge in [-0.15, -0.1) is 0 Å². The number of aryl methyl sites for hydroxylation is 2. The zero-order valence-corrected chi connectivity index (χ0v) is 13.0. The van der Waals surface area contributed by atoms with E-state index in [-0.39, 0.29) is 18.0 Å². The van der Waals surface area contributed by atoms with Gasteiger partial charge in [-0.05, 0) is 37.8 Å². The van der Waals surface area contributed by atoms with Gasteiger partial charge in [0, 0.05) is 13.1 Å². The summed E-state index contributed by atoms with van der Waals surface area (Å²) in [5, 5.41) is 7.77. The minimum Gasteiger partial charge on any atom is -0.370 e. The quantitative estimate of drug-likeness (QED) is 0.648. The third kappa shape index (κ3) is 3.01. The largest absolute Gasteiger partial charge is 0.370 e. The minimum absolute atomic E-state index is 0.0572. The lowest BCUT2D eigenvalue weighted by Gasteiger charge is -2.32. The molecular weight excluding hydrogens is 264 g/mol. The fourth-order valence-corrected chi connectivity index (χ4v) is 3.21. The van der Waals surface area contributed by atoms with E-state index >= 15 is 0 Å². The van der Waals surface area contributed by atoms with Crippen molar-refractivity contribution in [2.75, 3.05) is 11.9 Å². The molecule has 0 aliphatic heterocycles. The van der Waals surface area contributed by atoms with Crippen molar-refractivity contribution < 1.29 is 4.79 Å². The van der Waals surface area contributed by atoms with Gasteiger partial charge in [0.1, 0.15) is 0 Å². The second kappa shape index (κ2) is 6.16. The van der Waals surface area contributed by atoms with E-state index in [2.05, 4.69) is 0 Å². The third-order valence-corrected chi connectivity index (χ3v) is 4.22. The van der Waals surface area contributed by atoms with Crippen LogP contribution in [-0.4, -0.2) is 30.0 Å². The first-order valence-corrected chi connectivity index (χ1v) is 7.40. The standard InChI is InChI=1S/C16H24N4O/c1-11-7-6-8-12(2)14(11)19(3)16(21)20(15(17)18)13-9-4-5-10-13/h6-8,13H,4-5,9-10H2,1-3H3,(H3,17,18). The van der Waals surface area contributed by atoms with Crippen LogP contribution in [0.2, 0.25) is 0 Å². The van der Waals surface area contributed by atoms with Crippen molar-refractivity contribution in [3.8, 4) is 0 Å². The number of hydrogen-bond donors (Lipinski definition) is 2. The van der Waals surface area contributed by atoms with Crippen molar-refractivity contribution in [3.05, 3.63) is 29.3 Å². The van der Waals surface area contributed by atoms with Crippen molar-refractivity contribution >= 4 is 17.7 Å². The predicted octanol–water partition coefficient (Wildman–Crippen LogP) is 3.00. The van der Waals surface area contributed by atoms with Crippen molar-refractivity contribution in [1.82, 2.24) is 4.90 Å². The molecule has 5 heteroatoms. The smallest absolute Gasteiger partial charge is 0.331 e. The van der Waals surface area contributed by atoms with Gasteiger partial charge in [0.05, 0.1) is 5.69 Å². The van der Waals surface area contributed by atoms with Crippen LogP contribution < -0.4 is 10.6 Å². The average molecular weight is 288 g/mol. The summed E-state index contributed by atoms with van der Waals surface area (Å²) < 4.78 is 0. The molecule has 0 aromatic heterocycles. The maximum absolute atomic E-state index is 12.8. The van der Waals surface area contributed by atoms with Gasteiger partial charge < -0.3 is 5.73 Å². The highest BCUT2D eigenvalue weighted by Crippen LogP contribution is 2.28. The summed E-state index contributed by atoms with van der Waals surface area (Å²) in [7, 11) is 1.75. The lowest BCUT2D eigenvalue weighted by Crippen LogP contribution is -2.52. The Kier molecular flexibility index (Phi) is 4.50. The summed E-state index contributed by atoms with van der Waals surface area (Å²) in [5.41, 5.74) is 8.65. The molecule has 0 atom stereocenters. The number of guanidine groups is 1. The van der Waals surface area contributed by atoms with Crippen LogP contribution in [0.1, 0.15) is 36.8 Å². The van der Waals surface area contributed by atoms with E-state index in [1.54, 1.807) is 11.9 Å². The molecule has 0 heterocycles. The Hall–Kier alpha value is -2.04. The molecule has 0 saturated heterocycles. The molecule has 0 radical (unpaired) electrons. The number of urea groups is 1. The Bertz CT molecular complexity index is 529. The Labute approximate surface area is 126 Å². The normalized spacial score (nSPS) is 15.0. The number of nitrogens with one attached hydrogen (secondary N) is 1. The zero-order chi connectivity index (χ0) is 15.6. The molecule has 1 saturated carbocycles. The number of carbonyl (C=O) groups excluding carboxylic acids is 1. The number of carbonyl (C=O) groups is 1. The minimum atomic E-state index is -0.216. The maximum Gasteiger partial charge on any atom is 0.331 e. The van der Waals surface area contributed by atoms with Crippen LogP contribution in [0.5, 0.6) is 0 Å². The van der Waals surface area contributed by atoms with Crippen molar-refractivity contribution in [2.24, 2.45) is 5.73 Å². The van der Waals surface area contributed by atoms with Crippen molar-refractivity contribution in [3.63, 3.8) is 0 Å². The molecule has 0 bridgehead atoms. The van der Waals surface area contributed by atoms with Crippen LogP contribution >= 0.6 is 0 Å². The molecule has 0 spiro atoms. The number of amides is 2. The number of rotatable bonds is 2. The molecule has 3 N–H and O–H groups in total. The molecule has 1 fully saturated rings. The molecule has 21 heavy (non-hydrogen) atoms. The average Bonchev–Trinajstić information content (AvgIpc) is 2.91. The van der Waals surface area contributed by atoms with Crippen LogP contribution in [0, 0.1) is 19.3 Å². The molecule has 5 nitrogen and oxygen atoms in total. The third-order valence-electron chi connectivity index (χ3n) is 4.22. The molecular formula is C16H24N4O. The number of para-hydroxylation sites is 1. The lowest BCUT2D eigenvalue weighted by molar-refractivity contribution is 0.215. The lowest BCUT2D eigenvalue weighted by atomic mass is 10.1. The van der Waals surface area contributed by atoms with Crippen LogP contribution in [0.3, 0.4) is 0 Å². The molecule has 1 aromatic rings. The summed E-state index contributed by atoms with van der Waals surface area (Å²) in [6, 6.07) is 5.79. The van der Waals surface area contributed by atoms with Crippen molar-refractivity contribution in [2.45, 2.75) is 45.6 Å². The molecule has 114 valence electrons. The zero-order valence-electron chi connectivity index (χ0n) is 13.0. The summed E-state index contributed by atoms with van der Waals surface area (Å²) >= 11 is 0. The second-order valence-corrected chi connectivity index (χ2v) is 5.78. The van der Waals surface area contributed by atoms with Crippen LogP contribution in [0.15, 0.2) is 18.2 Å². The number of benzene rings is 1. The van der Waals surface area contributed by atoms with Gasteiger partial charge in [0.25, 0.3) is 0 Å². The highest BCUT2D eigenvalue weighted by molar-refractivity contribution is 6.03. The molecule has 0 unspecified atom stereocenters. The summed E-state index contributed by atoms with van der Waals surface area (Å²) in [4.78, 5) is 15.9. The Balaban J connectivity index is 2.30. The highest BCUT2D eigenvalue weighted by atomic mass is 16.2. The van der Waals surface area contributed by atoms with Gasteiger partial charge in [0.15, 0.2) is 5.96 Å². The number of nitrogens with zero attached hydrogens (tertiary/aromatic N) is 2. The van der Waals surface area contributed by atoms with E-state index in [1.807, 2.05) is 32.0 Å². The SMILES string of the molecule is Cc1cccc(C)c1N(C)C(=O)N(C(=N)N)C1CCCC1. The molecule has 2 rings (SSSR count). The van der Waals surface area contributed by atoms with E-state index in [9.17, 15) is 4.79 Å². The van der Waals surface area contributed by atoms with Crippen LogP contribution in [-0.2, 0) is 0 Å².